The molecule has 2 rings (SSSR count). The molecular formula is C17H15Cl2NO6S. The standard InChI is InChI=1S/C17H15Cl2NO6S/c1-8-12(16(22)24-2)15(27-14(8)17(23)25-3)20-11(21)7-26-13-9(18)5-4-6-10(13)19/h4-6H,7H2,1-3H3,(H,20,21). The van der Waals surface area contributed by atoms with E-state index in [1.807, 2.05) is 0 Å². The zero-order valence-electron chi connectivity index (χ0n) is 14.6. The van der Waals surface area contributed by atoms with E-state index in [4.69, 9.17) is 32.7 Å². The molecule has 0 aliphatic carbocycles. The lowest BCUT2D eigenvalue weighted by Crippen LogP contribution is -2.21. The van der Waals surface area contributed by atoms with Crippen LogP contribution in [0.5, 0.6) is 5.75 Å². The van der Waals surface area contributed by atoms with Crippen molar-refractivity contribution in [3.8, 4) is 5.75 Å². The maximum atomic E-state index is 12.2. The highest BCUT2D eigenvalue weighted by Crippen LogP contribution is 2.35. The molecule has 1 aromatic heterocycles. The van der Waals surface area contributed by atoms with Gasteiger partial charge >= 0.3 is 11.9 Å². The fourth-order valence-electron chi connectivity index (χ4n) is 2.16. The predicted molar refractivity (Wildman–Crippen MR) is 102 cm³/mol. The number of carbonyl (C=O) groups is 3. The van der Waals surface area contributed by atoms with Gasteiger partial charge in [0.2, 0.25) is 0 Å². The fourth-order valence-corrected chi connectivity index (χ4v) is 3.79. The van der Waals surface area contributed by atoms with E-state index in [0.717, 1.165) is 11.3 Å². The number of hydrogen-bond donors (Lipinski definition) is 1. The number of methoxy groups -OCH3 is 2. The van der Waals surface area contributed by atoms with Crippen LogP contribution in [0.4, 0.5) is 5.00 Å². The van der Waals surface area contributed by atoms with Crippen LogP contribution in [-0.2, 0) is 14.3 Å². The normalized spacial score (nSPS) is 10.3. The molecule has 0 saturated carbocycles. The third-order valence-electron chi connectivity index (χ3n) is 3.43. The van der Waals surface area contributed by atoms with Crippen molar-refractivity contribution in [1.82, 2.24) is 0 Å². The Morgan fingerprint density at radius 1 is 1.07 bits per heavy atom. The topological polar surface area (TPSA) is 90.9 Å². The molecule has 0 radical (unpaired) electrons. The van der Waals surface area contributed by atoms with E-state index >= 15 is 0 Å². The number of thiophene rings is 1. The smallest absolute Gasteiger partial charge is 0.348 e. The van der Waals surface area contributed by atoms with E-state index in [0.29, 0.717) is 5.56 Å². The molecule has 1 N–H and O–H groups in total. The molecule has 2 aromatic rings. The van der Waals surface area contributed by atoms with Crippen molar-refractivity contribution >= 4 is 57.4 Å². The van der Waals surface area contributed by atoms with Gasteiger partial charge in [0.05, 0.1) is 29.8 Å². The van der Waals surface area contributed by atoms with Gasteiger partial charge in [-0.3, -0.25) is 4.79 Å². The van der Waals surface area contributed by atoms with Crippen molar-refractivity contribution in [3.05, 3.63) is 44.2 Å². The largest absolute Gasteiger partial charge is 0.481 e. The zero-order valence-corrected chi connectivity index (χ0v) is 16.9. The third-order valence-corrected chi connectivity index (χ3v) is 5.21. The van der Waals surface area contributed by atoms with Crippen LogP contribution in [0, 0.1) is 6.92 Å². The Balaban J connectivity index is 2.21. The number of carbonyl (C=O) groups excluding carboxylic acids is 3. The number of nitrogens with one attached hydrogen (secondary N) is 1. The minimum Gasteiger partial charge on any atom is -0.481 e. The van der Waals surface area contributed by atoms with Crippen molar-refractivity contribution in [1.29, 1.82) is 0 Å². The number of ether oxygens (including phenoxy) is 3. The van der Waals surface area contributed by atoms with Crippen LogP contribution in [0.25, 0.3) is 0 Å². The summed E-state index contributed by atoms with van der Waals surface area (Å²) in [4.78, 5) is 36.3. The van der Waals surface area contributed by atoms with E-state index < -0.39 is 24.5 Å². The van der Waals surface area contributed by atoms with E-state index in [1.54, 1.807) is 25.1 Å². The number of hydrogen-bond acceptors (Lipinski definition) is 7. The van der Waals surface area contributed by atoms with Gasteiger partial charge in [-0.25, -0.2) is 9.59 Å². The zero-order chi connectivity index (χ0) is 20.1. The summed E-state index contributed by atoms with van der Waals surface area (Å²) in [6.45, 7) is 1.15. The summed E-state index contributed by atoms with van der Waals surface area (Å²) in [5, 5.41) is 3.20. The molecule has 7 nitrogen and oxygen atoms in total. The van der Waals surface area contributed by atoms with E-state index in [-0.39, 0.29) is 31.2 Å². The summed E-state index contributed by atoms with van der Waals surface area (Å²) >= 11 is 12.9. The van der Waals surface area contributed by atoms with Crippen molar-refractivity contribution in [2.24, 2.45) is 0 Å². The van der Waals surface area contributed by atoms with Crippen LogP contribution >= 0.6 is 34.5 Å². The number of esters is 2. The highest BCUT2D eigenvalue weighted by Gasteiger charge is 2.26. The Morgan fingerprint density at radius 2 is 1.67 bits per heavy atom. The number of amides is 1. The molecule has 0 bridgehead atoms. The van der Waals surface area contributed by atoms with Crippen LogP contribution in [0.3, 0.4) is 0 Å². The number of halogens is 2. The molecule has 0 aliphatic heterocycles. The Kier molecular flexibility index (Phi) is 7.06. The molecular weight excluding hydrogens is 417 g/mol. The number of para-hydroxylation sites is 1. The van der Waals surface area contributed by atoms with Crippen LogP contribution < -0.4 is 10.1 Å². The van der Waals surface area contributed by atoms with Gasteiger partial charge in [-0.15, -0.1) is 11.3 Å². The highest BCUT2D eigenvalue weighted by molar-refractivity contribution is 7.18. The fraction of sp³-hybridized carbons (Fsp3) is 0.235. The Hall–Kier alpha value is -2.29. The summed E-state index contributed by atoms with van der Waals surface area (Å²) in [6, 6.07) is 4.78. The lowest BCUT2D eigenvalue weighted by Gasteiger charge is -2.10. The molecule has 0 saturated heterocycles. The van der Waals surface area contributed by atoms with Gasteiger partial charge in [-0.2, -0.15) is 0 Å². The van der Waals surface area contributed by atoms with Crippen molar-refractivity contribution in [3.63, 3.8) is 0 Å². The molecule has 0 atom stereocenters. The first-order valence-corrected chi connectivity index (χ1v) is 9.04. The molecule has 144 valence electrons. The molecule has 1 heterocycles. The summed E-state index contributed by atoms with van der Waals surface area (Å²) in [5.74, 6) is -1.72. The van der Waals surface area contributed by atoms with Gasteiger partial charge < -0.3 is 19.5 Å². The second kappa shape index (κ2) is 9.07. The minimum atomic E-state index is -0.690. The summed E-state index contributed by atoms with van der Waals surface area (Å²) in [6.07, 6.45) is 0. The maximum absolute atomic E-state index is 12.2. The third kappa shape index (κ3) is 4.71. The van der Waals surface area contributed by atoms with Gasteiger partial charge in [-0.1, -0.05) is 29.3 Å². The number of benzene rings is 1. The van der Waals surface area contributed by atoms with E-state index in [2.05, 4.69) is 10.1 Å². The quantitative estimate of drug-likeness (QED) is 0.696. The molecule has 10 heteroatoms. The average Bonchev–Trinajstić information content (AvgIpc) is 2.96. The van der Waals surface area contributed by atoms with Crippen LogP contribution in [0.2, 0.25) is 10.0 Å². The van der Waals surface area contributed by atoms with Gasteiger partial charge in [0.1, 0.15) is 9.88 Å². The van der Waals surface area contributed by atoms with Crippen LogP contribution in [0.15, 0.2) is 18.2 Å². The van der Waals surface area contributed by atoms with Gasteiger partial charge in [0, 0.05) is 0 Å². The van der Waals surface area contributed by atoms with Gasteiger partial charge in [0.15, 0.2) is 12.4 Å². The van der Waals surface area contributed by atoms with Crippen LogP contribution in [0.1, 0.15) is 25.6 Å². The van der Waals surface area contributed by atoms with E-state index in [1.165, 1.54) is 14.2 Å². The molecule has 1 amide bonds. The highest BCUT2D eigenvalue weighted by atomic mass is 35.5. The first-order valence-electron chi connectivity index (χ1n) is 7.46. The second-order valence-corrected chi connectivity index (χ2v) is 6.97. The molecule has 0 fully saturated rings. The van der Waals surface area contributed by atoms with Gasteiger partial charge in [-0.05, 0) is 24.6 Å². The summed E-state index contributed by atoms with van der Waals surface area (Å²) in [5.41, 5.74) is 0.427. The lowest BCUT2D eigenvalue weighted by atomic mass is 10.1. The summed E-state index contributed by atoms with van der Waals surface area (Å²) < 4.78 is 14.8. The Bertz CT molecular complexity index is 876. The second-order valence-electron chi connectivity index (χ2n) is 5.13. The first kappa shape index (κ1) is 21.0. The molecule has 0 unspecified atom stereocenters. The molecule has 27 heavy (non-hydrogen) atoms. The maximum Gasteiger partial charge on any atom is 0.348 e. The van der Waals surface area contributed by atoms with E-state index in [9.17, 15) is 14.4 Å². The SMILES string of the molecule is COC(=O)c1sc(NC(=O)COc2c(Cl)cccc2Cl)c(C(=O)OC)c1C. The Labute approximate surface area is 169 Å². The molecule has 1 aromatic carbocycles. The lowest BCUT2D eigenvalue weighted by molar-refractivity contribution is -0.118. The van der Waals surface area contributed by atoms with Crippen molar-refractivity contribution < 1.29 is 28.6 Å². The van der Waals surface area contributed by atoms with Crippen molar-refractivity contribution in [2.45, 2.75) is 6.92 Å². The molecule has 0 spiro atoms. The number of anilines is 1. The Morgan fingerprint density at radius 3 is 2.22 bits per heavy atom. The van der Waals surface area contributed by atoms with Gasteiger partial charge in [0.25, 0.3) is 5.91 Å². The van der Waals surface area contributed by atoms with Crippen LogP contribution in [-0.4, -0.2) is 38.7 Å². The average molecular weight is 432 g/mol. The molecule has 0 aliphatic rings. The monoisotopic (exact) mass is 431 g/mol. The predicted octanol–water partition coefficient (Wildman–Crippen LogP) is 3.95. The minimum absolute atomic E-state index is 0.0759. The summed E-state index contributed by atoms with van der Waals surface area (Å²) in [7, 11) is 2.42. The van der Waals surface area contributed by atoms with Crippen molar-refractivity contribution in [2.75, 3.05) is 26.1 Å². The first-order chi connectivity index (χ1) is 12.8. The number of rotatable bonds is 6.